The molecule has 3 heteroatoms. The first-order valence-electron chi connectivity index (χ1n) is 11.7. The van der Waals surface area contributed by atoms with Gasteiger partial charge in [-0.1, -0.05) is 115 Å². The van der Waals surface area contributed by atoms with Crippen molar-refractivity contribution in [3.8, 4) is 5.75 Å². The first-order valence-corrected chi connectivity index (χ1v) is 11.7. The Bertz CT molecular complexity index is 523. The van der Waals surface area contributed by atoms with Gasteiger partial charge < -0.3 is 4.74 Å². The van der Waals surface area contributed by atoms with Crippen molar-refractivity contribution in [2.45, 2.75) is 110 Å². The first kappa shape index (κ1) is 24.4. The van der Waals surface area contributed by atoms with E-state index in [9.17, 15) is 4.79 Å². The van der Waals surface area contributed by atoms with Gasteiger partial charge in [0.25, 0.3) is 0 Å². The van der Waals surface area contributed by atoms with Crippen molar-refractivity contribution in [3.63, 3.8) is 0 Å². The van der Waals surface area contributed by atoms with Gasteiger partial charge in [-0.05, 0) is 18.6 Å². The summed E-state index contributed by atoms with van der Waals surface area (Å²) in [4.78, 5) is 14.1. The third kappa shape index (κ3) is 13.6. The van der Waals surface area contributed by atoms with Gasteiger partial charge in [0, 0.05) is 0 Å². The molecule has 0 aliphatic carbocycles. The van der Waals surface area contributed by atoms with Crippen LogP contribution in [-0.4, -0.2) is 12.7 Å². The third-order valence-corrected chi connectivity index (χ3v) is 5.29. The minimum Gasteiger partial charge on any atom is -0.491 e. The largest absolute Gasteiger partial charge is 0.491 e. The Hall–Kier alpha value is -1.60. The Morgan fingerprint density at radius 2 is 1.18 bits per heavy atom. The highest BCUT2D eigenvalue weighted by atomic mass is 16.5. The Morgan fingerprint density at radius 1 is 0.714 bits per heavy atom. The van der Waals surface area contributed by atoms with E-state index in [0.29, 0.717) is 18.0 Å². The summed E-state index contributed by atoms with van der Waals surface area (Å²) in [7, 11) is 0. The first-order chi connectivity index (χ1) is 13.9. The SMILES string of the molecule is CCCCCCCCCCCCCCCCCCOc1ccccc1N=C=O. The molecule has 0 bridgehead atoms. The summed E-state index contributed by atoms with van der Waals surface area (Å²) in [5, 5.41) is 0. The summed E-state index contributed by atoms with van der Waals surface area (Å²) < 4.78 is 5.74. The highest BCUT2D eigenvalue weighted by Gasteiger charge is 2.01. The van der Waals surface area contributed by atoms with Gasteiger partial charge in [-0.15, -0.1) is 0 Å². The molecule has 1 aromatic rings. The second-order valence-electron chi connectivity index (χ2n) is 7.82. The van der Waals surface area contributed by atoms with Gasteiger partial charge in [-0.2, -0.15) is 4.99 Å². The summed E-state index contributed by atoms with van der Waals surface area (Å²) in [6, 6.07) is 7.36. The molecule has 28 heavy (non-hydrogen) atoms. The van der Waals surface area contributed by atoms with E-state index in [1.165, 1.54) is 96.3 Å². The molecule has 0 spiro atoms. The number of nitrogens with zero attached hydrogens (tertiary/aromatic N) is 1. The van der Waals surface area contributed by atoms with Gasteiger partial charge in [0.2, 0.25) is 6.08 Å². The molecule has 0 unspecified atom stereocenters. The van der Waals surface area contributed by atoms with Crippen molar-refractivity contribution in [3.05, 3.63) is 24.3 Å². The molecule has 1 aromatic carbocycles. The fourth-order valence-corrected chi connectivity index (χ4v) is 3.55. The number of para-hydroxylation sites is 2. The zero-order valence-electron chi connectivity index (χ0n) is 18.1. The minimum absolute atomic E-state index is 0.564. The molecule has 3 nitrogen and oxygen atoms in total. The van der Waals surface area contributed by atoms with Crippen molar-refractivity contribution >= 4 is 11.8 Å². The number of ether oxygens (including phenoxy) is 1. The van der Waals surface area contributed by atoms with E-state index in [1.54, 1.807) is 12.1 Å². The van der Waals surface area contributed by atoms with E-state index in [0.717, 1.165) is 6.42 Å². The summed E-state index contributed by atoms with van der Waals surface area (Å²) in [6.07, 6.45) is 23.4. The second kappa shape index (κ2) is 18.7. The topological polar surface area (TPSA) is 38.7 Å². The molecule has 0 atom stereocenters. The summed E-state index contributed by atoms with van der Waals surface area (Å²) in [6.45, 7) is 2.97. The van der Waals surface area contributed by atoms with Crippen molar-refractivity contribution in [1.82, 2.24) is 0 Å². The molecule has 0 saturated heterocycles. The summed E-state index contributed by atoms with van der Waals surface area (Å²) in [5.41, 5.74) is 0.564. The highest BCUT2D eigenvalue weighted by Crippen LogP contribution is 2.26. The standard InChI is InChI=1S/C25H41NO2/c1-2-3-4-5-6-7-8-9-10-11-12-13-14-15-16-19-22-28-25-21-18-17-20-24(25)26-23-27/h17-18,20-21H,2-16,19,22H2,1H3. The van der Waals surface area contributed by atoms with Crippen LogP contribution in [-0.2, 0) is 4.79 Å². The smallest absolute Gasteiger partial charge is 0.240 e. The van der Waals surface area contributed by atoms with Crippen LogP contribution in [0.1, 0.15) is 110 Å². The number of isocyanates is 1. The molecule has 0 saturated carbocycles. The molecule has 1 rings (SSSR count). The average Bonchev–Trinajstić information content (AvgIpc) is 2.71. The number of rotatable bonds is 19. The maximum atomic E-state index is 10.4. The normalized spacial score (nSPS) is 10.6. The van der Waals surface area contributed by atoms with Crippen LogP contribution in [0.15, 0.2) is 29.3 Å². The van der Waals surface area contributed by atoms with Crippen LogP contribution in [0.4, 0.5) is 5.69 Å². The predicted molar refractivity (Wildman–Crippen MR) is 119 cm³/mol. The lowest BCUT2D eigenvalue weighted by atomic mass is 10.0. The molecule has 0 amide bonds. The van der Waals surface area contributed by atoms with Crippen LogP contribution in [0, 0.1) is 0 Å². The molecule has 0 fully saturated rings. The number of hydrogen-bond donors (Lipinski definition) is 0. The lowest BCUT2D eigenvalue weighted by molar-refractivity contribution is 0.305. The van der Waals surface area contributed by atoms with Crippen LogP contribution in [0.5, 0.6) is 5.75 Å². The Labute approximate surface area is 173 Å². The van der Waals surface area contributed by atoms with Gasteiger partial charge in [0.15, 0.2) is 0 Å². The van der Waals surface area contributed by atoms with Gasteiger partial charge in [-0.3, -0.25) is 0 Å². The van der Waals surface area contributed by atoms with E-state index in [4.69, 9.17) is 4.74 Å². The number of hydrogen-bond acceptors (Lipinski definition) is 3. The van der Waals surface area contributed by atoms with Gasteiger partial charge in [0.05, 0.1) is 6.61 Å². The minimum atomic E-state index is 0.564. The van der Waals surface area contributed by atoms with Crippen LogP contribution < -0.4 is 4.74 Å². The fraction of sp³-hybridized carbons (Fsp3) is 0.720. The van der Waals surface area contributed by atoms with E-state index in [2.05, 4.69) is 11.9 Å². The lowest BCUT2D eigenvalue weighted by Gasteiger charge is -2.07. The van der Waals surface area contributed by atoms with E-state index in [-0.39, 0.29) is 0 Å². The van der Waals surface area contributed by atoms with Crippen molar-refractivity contribution in [2.24, 2.45) is 4.99 Å². The Morgan fingerprint density at radius 3 is 1.68 bits per heavy atom. The summed E-state index contributed by atoms with van der Waals surface area (Å²) >= 11 is 0. The number of unbranched alkanes of at least 4 members (excludes halogenated alkanes) is 15. The van der Waals surface area contributed by atoms with Crippen LogP contribution in [0.2, 0.25) is 0 Å². The second-order valence-corrected chi connectivity index (χ2v) is 7.82. The predicted octanol–water partition coefficient (Wildman–Crippen LogP) is 8.29. The van der Waals surface area contributed by atoms with Crippen molar-refractivity contribution < 1.29 is 9.53 Å². The van der Waals surface area contributed by atoms with Crippen molar-refractivity contribution in [2.75, 3.05) is 6.61 Å². The number of benzene rings is 1. The lowest BCUT2D eigenvalue weighted by Crippen LogP contribution is -1.97. The molecule has 0 aliphatic heterocycles. The van der Waals surface area contributed by atoms with E-state index >= 15 is 0 Å². The quantitative estimate of drug-likeness (QED) is 0.136. The molecule has 0 N–H and O–H groups in total. The molecule has 0 heterocycles. The molecular weight excluding hydrogens is 346 g/mol. The number of carbonyl (C=O) groups excluding carboxylic acids is 1. The van der Waals surface area contributed by atoms with Crippen LogP contribution in [0.3, 0.4) is 0 Å². The maximum Gasteiger partial charge on any atom is 0.240 e. The maximum absolute atomic E-state index is 10.4. The van der Waals surface area contributed by atoms with Crippen molar-refractivity contribution in [1.29, 1.82) is 0 Å². The molecule has 0 aromatic heterocycles. The van der Waals surface area contributed by atoms with E-state index in [1.807, 2.05) is 18.2 Å². The number of aliphatic imine (C=N–C) groups is 1. The summed E-state index contributed by atoms with van der Waals surface area (Å²) in [5.74, 6) is 0.673. The molecule has 0 aliphatic rings. The average molecular weight is 388 g/mol. The third-order valence-electron chi connectivity index (χ3n) is 5.29. The molecule has 0 radical (unpaired) electrons. The zero-order chi connectivity index (χ0) is 20.1. The van der Waals surface area contributed by atoms with Gasteiger partial charge in [-0.25, -0.2) is 4.79 Å². The van der Waals surface area contributed by atoms with E-state index < -0.39 is 0 Å². The molecular formula is C25H41NO2. The van der Waals surface area contributed by atoms with Crippen LogP contribution >= 0.6 is 0 Å². The van der Waals surface area contributed by atoms with Crippen LogP contribution in [0.25, 0.3) is 0 Å². The molecule has 158 valence electrons. The fourth-order valence-electron chi connectivity index (χ4n) is 3.55. The zero-order valence-corrected chi connectivity index (χ0v) is 18.1. The monoisotopic (exact) mass is 387 g/mol. The Balaban J connectivity index is 1.83. The van der Waals surface area contributed by atoms with Gasteiger partial charge >= 0.3 is 0 Å². The highest BCUT2D eigenvalue weighted by molar-refractivity contribution is 5.57. The van der Waals surface area contributed by atoms with Gasteiger partial charge in [0.1, 0.15) is 11.4 Å². The Kier molecular flexibility index (Phi) is 16.4.